The second-order valence-corrected chi connectivity index (χ2v) is 6.73. The fourth-order valence-corrected chi connectivity index (χ4v) is 3.66. The number of benzene rings is 2. The molecule has 3 heterocycles. The van der Waals surface area contributed by atoms with Crippen molar-refractivity contribution in [1.29, 1.82) is 0 Å². The molecule has 136 valence electrons. The number of nitrogens with zero attached hydrogens (tertiary/aromatic N) is 2. The first-order valence-corrected chi connectivity index (χ1v) is 9.10. The van der Waals surface area contributed by atoms with Gasteiger partial charge in [-0.15, -0.1) is 0 Å². The van der Waals surface area contributed by atoms with Gasteiger partial charge in [-0.3, -0.25) is 9.89 Å². The van der Waals surface area contributed by atoms with E-state index in [2.05, 4.69) is 10.2 Å². The van der Waals surface area contributed by atoms with E-state index in [4.69, 9.17) is 9.47 Å². The Kier molecular flexibility index (Phi) is 3.81. The van der Waals surface area contributed by atoms with Gasteiger partial charge in [0, 0.05) is 41.9 Å². The summed E-state index contributed by atoms with van der Waals surface area (Å²) in [6.45, 7) is 2.26. The zero-order chi connectivity index (χ0) is 18.2. The highest BCUT2D eigenvalue weighted by molar-refractivity contribution is 5.95. The number of rotatable bonds is 2. The number of amides is 1. The Morgan fingerprint density at radius 1 is 1.04 bits per heavy atom. The van der Waals surface area contributed by atoms with E-state index in [1.807, 2.05) is 41.3 Å². The van der Waals surface area contributed by atoms with Crippen LogP contribution in [0, 0.1) is 0 Å². The highest BCUT2D eigenvalue weighted by atomic mass is 16.6. The molecule has 1 aromatic heterocycles. The van der Waals surface area contributed by atoms with E-state index >= 15 is 0 Å². The van der Waals surface area contributed by atoms with Crippen LogP contribution in [0.4, 0.5) is 0 Å². The molecule has 0 unspecified atom stereocenters. The first-order valence-electron chi connectivity index (χ1n) is 9.10. The van der Waals surface area contributed by atoms with Gasteiger partial charge in [0.2, 0.25) is 0 Å². The molecule has 0 fully saturated rings. The maximum Gasteiger partial charge on any atom is 0.254 e. The van der Waals surface area contributed by atoms with Gasteiger partial charge in [-0.25, -0.2) is 0 Å². The third-order valence-electron chi connectivity index (χ3n) is 5.06. The number of H-pyrrole nitrogens is 1. The molecule has 0 spiro atoms. The third kappa shape index (κ3) is 2.83. The quantitative estimate of drug-likeness (QED) is 0.762. The molecule has 0 radical (unpaired) electrons. The molecule has 2 aliphatic rings. The van der Waals surface area contributed by atoms with E-state index in [0.29, 0.717) is 43.4 Å². The Labute approximate surface area is 156 Å². The van der Waals surface area contributed by atoms with Gasteiger partial charge in [0.1, 0.15) is 13.2 Å². The fraction of sp³-hybridized carbons (Fsp3) is 0.238. The van der Waals surface area contributed by atoms with Gasteiger partial charge in [0.05, 0.1) is 5.69 Å². The van der Waals surface area contributed by atoms with E-state index in [-0.39, 0.29) is 5.91 Å². The van der Waals surface area contributed by atoms with Crippen LogP contribution in [0.2, 0.25) is 0 Å². The van der Waals surface area contributed by atoms with Crippen LogP contribution in [-0.2, 0) is 13.0 Å². The molecule has 27 heavy (non-hydrogen) atoms. The standard InChI is InChI=1S/C21H19N3O3/c25-21(15-6-7-18-19(12-15)27-11-10-26-18)24-9-8-17-16(13-24)20(23-22-17)14-4-2-1-3-5-14/h1-7,12H,8-11,13H2,(H,22,23). The van der Waals surface area contributed by atoms with Crippen LogP contribution >= 0.6 is 0 Å². The van der Waals surface area contributed by atoms with Gasteiger partial charge in [-0.2, -0.15) is 5.10 Å². The molecule has 3 aromatic rings. The number of hydrogen-bond donors (Lipinski definition) is 1. The maximum absolute atomic E-state index is 13.1. The van der Waals surface area contributed by atoms with Crippen LogP contribution in [0.25, 0.3) is 11.3 Å². The van der Waals surface area contributed by atoms with E-state index in [0.717, 1.165) is 28.9 Å². The lowest BCUT2D eigenvalue weighted by atomic mass is 10.0. The predicted octanol–water partition coefficient (Wildman–Crippen LogP) is 3.05. The van der Waals surface area contributed by atoms with Crippen LogP contribution in [0.15, 0.2) is 48.5 Å². The predicted molar refractivity (Wildman–Crippen MR) is 99.9 cm³/mol. The summed E-state index contributed by atoms with van der Waals surface area (Å²) in [7, 11) is 0. The molecule has 2 aliphatic heterocycles. The Bertz CT molecular complexity index is 997. The molecule has 0 bridgehead atoms. The number of nitrogens with one attached hydrogen (secondary N) is 1. The summed E-state index contributed by atoms with van der Waals surface area (Å²) in [6.07, 6.45) is 0.769. The maximum atomic E-state index is 13.1. The van der Waals surface area contributed by atoms with Crippen molar-refractivity contribution in [2.24, 2.45) is 0 Å². The largest absolute Gasteiger partial charge is 0.486 e. The van der Waals surface area contributed by atoms with Crippen LogP contribution in [0.1, 0.15) is 21.6 Å². The molecule has 0 saturated carbocycles. The molecule has 1 N–H and O–H groups in total. The number of ether oxygens (including phenoxy) is 2. The van der Waals surface area contributed by atoms with Gasteiger partial charge in [-0.1, -0.05) is 30.3 Å². The summed E-state index contributed by atoms with van der Waals surface area (Å²) in [6, 6.07) is 15.5. The smallest absolute Gasteiger partial charge is 0.254 e. The van der Waals surface area contributed by atoms with Crippen molar-refractivity contribution in [1.82, 2.24) is 15.1 Å². The topological polar surface area (TPSA) is 67.5 Å². The van der Waals surface area contributed by atoms with E-state index in [9.17, 15) is 4.79 Å². The molecule has 2 aromatic carbocycles. The van der Waals surface area contributed by atoms with Crippen molar-refractivity contribution < 1.29 is 14.3 Å². The van der Waals surface area contributed by atoms with E-state index in [1.165, 1.54) is 0 Å². The first-order chi connectivity index (χ1) is 13.3. The lowest BCUT2D eigenvalue weighted by Gasteiger charge is -2.28. The Morgan fingerprint density at radius 3 is 2.70 bits per heavy atom. The Morgan fingerprint density at radius 2 is 1.85 bits per heavy atom. The number of hydrogen-bond acceptors (Lipinski definition) is 4. The molecule has 0 aliphatic carbocycles. The minimum atomic E-state index is -0.00200. The molecule has 6 nitrogen and oxygen atoms in total. The van der Waals surface area contributed by atoms with Gasteiger partial charge < -0.3 is 14.4 Å². The zero-order valence-corrected chi connectivity index (χ0v) is 14.8. The van der Waals surface area contributed by atoms with Gasteiger partial charge in [0.15, 0.2) is 11.5 Å². The van der Waals surface area contributed by atoms with Crippen LogP contribution in [-0.4, -0.2) is 40.8 Å². The Hall–Kier alpha value is -3.28. The average molecular weight is 361 g/mol. The number of aromatic amines is 1. The van der Waals surface area contributed by atoms with Gasteiger partial charge in [-0.05, 0) is 18.2 Å². The normalized spacial score (nSPS) is 15.3. The van der Waals surface area contributed by atoms with E-state index < -0.39 is 0 Å². The van der Waals surface area contributed by atoms with Crippen molar-refractivity contribution in [3.63, 3.8) is 0 Å². The number of fused-ring (bicyclic) bond motifs is 2. The van der Waals surface area contributed by atoms with Crippen molar-refractivity contribution in [3.8, 4) is 22.8 Å². The zero-order valence-electron chi connectivity index (χ0n) is 14.8. The summed E-state index contributed by atoms with van der Waals surface area (Å²) >= 11 is 0. The lowest BCUT2D eigenvalue weighted by Crippen LogP contribution is -2.36. The average Bonchev–Trinajstić information content (AvgIpc) is 3.17. The molecule has 0 atom stereocenters. The lowest BCUT2D eigenvalue weighted by molar-refractivity contribution is 0.0733. The number of aromatic nitrogens is 2. The van der Waals surface area contributed by atoms with E-state index in [1.54, 1.807) is 12.1 Å². The van der Waals surface area contributed by atoms with Crippen LogP contribution in [0.5, 0.6) is 11.5 Å². The summed E-state index contributed by atoms with van der Waals surface area (Å²) < 4.78 is 11.2. The fourth-order valence-electron chi connectivity index (χ4n) is 3.66. The van der Waals surface area contributed by atoms with Crippen LogP contribution in [0.3, 0.4) is 0 Å². The summed E-state index contributed by atoms with van der Waals surface area (Å²) in [5.41, 5.74) is 4.81. The number of carbonyl (C=O) groups is 1. The molecule has 6 heteroatoms. The first kappa shape index (κ1) is 15.9. The Balaban J connectivity index is 1.42. The minimum Gasteiger partial charge on any atom is -0.486 e. The summed E-state index contributed by atoms with van der Waals surface area (Å²) in [5.74, 6) is 1.33. The molecule has 0 saturated heterocycles. The highest BCUT2D eigenvalue weighted by Gasteiger charge is 2.27. The SMILES string of the molecule is O=C(c1ccc2c(c1)OCCO2)N1CCc2[nH]nc(-c3ccccc3)c2C1. The van der Waals surface area contributed by atoms with Gasteiger partial charge >= 0.3 is 0 Å². The second-order valence-electron chi connectivity index (χ2n) is 6.73. The summed E-state index contributed by atoms with van der Waals surface area (Å²) in [4.78, 5) is 14.9. The van der Waals surface area contributed by atoms with Crippen LogP contribution < -0.4 is 9.47 Å². The monoisotopic (exact) mass is 361 g/mol. The van der Waals surface area contributed by atoms with Gasteiger partial charge in [0.25, 0.3) is 5.91 Å². The second kappa shape index (κ2) is 6.46. The van der Waals surface area contributed by atoms with Crippen molar-refractivity contribution >= 4 is 5.91 Å². The molecule has 5 rings (SSSR count). The van der Waals surface area contributed by atoms with Crippen molar-refractivity contribution in [2.45, 2.75) is 13.0 Å². The molecular formula is C21H19N3O3. The summed E-state index contributed by atoms with van der Waals surface area (Å²) in [5, 5.41) is 7.63. The van der Waals surface area contributed by atoms with Crippen molar-refractivity contribution in [2.75, 3.05) is 19.8 Å². The number of carbonyl (C=O) groups excluding carboxylic acids is 1. The molecule has 1 amide bonds. The van der Waals surface area contributed by atoms with Crippen molar-refractivity contribution in [3.05, 3.63) is 65.4 Å². The minimum absolute atomic E-state index is 0.00200. The third-order valence-corrected chi connectivity index (χ3v) is 5.06. The highest BCUT2D eigenvalue weighted by Crippen LogP contribution is 2.32. The molecular weight excluding hydrogens is 342 g/mol.